The molecule has 1 N–H and O–H groups in total. The van der Waals surface area contributed by atoms with E-state index in [1.807, 2.05) is 4.90 Å². The Hall–Kier alpha value is -1.23. The van der Waals surface area contributed by atoms with Gasteiger partial charge in [0.05, 0.1) is 12.6 Å². The number of hydrogen-bond donors (Lipinski definition) is 1. The van der Waals surface area contributed by atoms with Gasteiger partial charge in [0, 0.05) is 12.6 Å². The first-order chi connectivity index (χ1) is 7.81. The predicted molar refractivity (Wildman–Crippen MR) is 58.7 cm³/mol. The van der Waals surface area contributed by atoms with Crippen LogP contribution in [0.25, 0.3) is 0 Å². The Balaban J connectivity index is 2.21. The SMILES string of the molecule is OCC1CCCCCN1c1cc(F)ncn1. The van der Waals surface area contributed by atoms with Gasteiger partial charge in [0.2, 0.25) is 5.95 Å². The molecular formula is C11H16FN3O. The second-order valence-electron chi connectivity index (χ2n) is 4.08. The highest BCUT2D eigenvalue weighted by atomic mass is 19.1. The maximum Gasteiger partial charge on any atom is 0.218 e. The number of rotatable bonds is 2. The normalized spacial score (nSPS) is 21.9. The van der Waals surface area contributed by atoms with E-state index in [1.54, 1.807) is 0 Å². The summed E-state index contributed by atoms with van der Waals surface area (Å²) < 4.78 is 13.0. The average molecular weight is 225 g/mol. The van der Waals surface area contributed by atoms with E-state index in [9.17, 15) is 9.50 Å². The number of aliphatic hydroxyl groups is 1. The van der Waals surface area contributed by atoms with Crippen LogP contribution in [-0.4, -0.2) is 34.3 Å². The van der Waals surface area contributed by atoms with Gasteiger partial charge < -0.3 is 10.0 Å². The van der Waals surface area contributed by atoms with Crippen molar-refractivity contribution in [3.8, 4) is 0 Å². The third-order valence-electron chi connectivity index (χ3n) is 3.00. The summed E-state index contributed by atoms with van der Waals surface area (Å²) in [6.45, 7) is 0.910. The lowest BCUT2D eigenvalue weighted by Gasteiger charge is -2.29. The van der Waals surface area contributed by atoms with Gasteiger partial charge in [-0.15, -0.1) is 0 Å². The maximum atomic E-state index is 13.0. The molecule has 1 aromatic heterocycles. The molecule has 4 nitrogen and oxygen atoms in total. The fourth-order valence-corrected chi connectivity index (χ4v) is 2.15. The van der Waals surface area contributed by atoms with Crippen molar-refractivity contribution in [1.29, 1.82) is 0 Å². The zero-order valence-electron chi connectivity index (χ0n) is 9.14. The van der Waals surface area contributed by atoms with Gasteiger partial charge in [0.15, 0.2) is 0 Å². The average Bonchev–Trinajstić information content (AvgIpc) is 2.53. The molecule has 88 valence electrons. The van der Waals surface area contributed by atoms with Crippen molar-refractivity contribution in [3.63, 3.8) is 0 Å². The monoisotopic (exact) mass is 225 g/mol. The standard InChI is InChI=1S/C11H16FN3O/c12-10-6-11(14-8-13-10)15-5-3-1-2-4-9(15)7-16/h6,8-9,16H,1-5,7H2. The van der Waals surface area contributed by atoms with Crippen LogP contribution in [0.1, 0.15) is 25.7 Å². The molecule has 2 rings (SSSR count). The van der Waals surface area contributed by atoms with Gasteiger partial charge in [-0.1, -0.05) is 12.8 Å². The molecule has 0 aliphatic carbocycles. The number of aromatic nitrogens is 2. The van der Waals surface area contributed by atoms with Crippen LogP contribution in [-0.2, 0) is 0 Å². The molecule has 0 bridgehead atoms. The van der Waals surface area contributed by atoms with Crippen LogP contribution in [0.15, 0.2) is 12.4 Å². The molecule has 2 heterocycles. The van der Waals surface area contributed by atoms with Crippen molar-refractivity contribution in [1.82, 2.24) is 9.97 Å². The third kappa shape index (κ3) is 2.47. The number of hydrogen-bond acceptors (Lipinski definition) is 4. The van der Waals surface area contributed by atoms with Gasteiger partial charge in [-0.05, 0) is 12.8 Å². The van der Waals surface area contributed by atoms with E-state index in [2.05, 4.69) is 9.97 Å². The fraction of sp³-hybridized carbons (Fsp3) is 0.636. The van der Waals surface area contributed by atoms with Crippen molar-refractivity contribution in [2.45, 2.75) is 31.7 Å². The molecule has 1 fully saturated rings. The summed E-state index contributed by atoms with van der Waals surface area (Å²) in [7, 11) is 0. The lowest BCUT2D eigenvalue weighted by atomic mass is 10.1. The van der Waals surface area contributed by atoms with Crippen molar-refractivity contribution in [2.24, 2.45) is 0 Å². The fourth-order valence-electron chi connectivity index (χ4n) is 2.15. The highest BCUT2D eigenvalue weighted by molar-refractivity contribution is 5.38. The van der Waals surface area contributed by atoms with Crippen LogP contribution in [0.5, 0.6) is 0 Å². The molecule has 5 heteroatoms. The van der Waals surface area contributed by atoms with Crippen molar-refractivity contribution >= 4 is 5.82 Å². The summed E-state index contributed by atoms with van der Waals surface area (Å²) in [6.07, 6.45) is 5.48. The Morgan fingerprint density at radius 2 is 2.25 bits per heavy atom. The lowest BCUT2D eigenvalue weighted by Crippen LogP contribution is -2.38. The summed E-state index contributed by atoms with van der Waals surface area (Å²) >= 11 is 0. The van der Waals surface area contributed by atoms with E-state index in [4.69, 9.17) is 0 Å². The molecule has 1 aliphatic rings. The van der Waals surface area contributed by atoms with Gasteiger partial charge in [0.1, 0.15) is 12.1 Å². The van der Waals surface area contributed by atoms with E-state index in [0.717, 1.165) is 32.2 Å². The largest absolute Gasteiger partial charge is 0.394 e. The molecule has 0 saturated carbocycles. The lowest BCUT2D eigenvalue weighted by molar-refractivity contribution is 0.254. The molecule has 0 aromatic carbocycles. The topological polar surface area (TPSA) is 49.2 Å². The van der Waals surface area contributed by atoms with Crippen LogP contribution in [0.4, 0.5) is 10.2 Å². The molecule has 0 amide bonds. The minimum Gasteiger partial charge on any atom is -0.394 e. The number of nitrogens with zero attached hydrogens (tertiary/aromatic N) is 3. The summed E-state index contributed by atoms with van der Waals surface area (Å²) in [4.78, 5) is 9.49. The number of aliphatic hydroxyl groups excluding tert-OH is 1. The summed E-state index contributed by atoms with van der Waals surface area (Å²) in [5.41, 5.74) is 0. The van der Waals surface area contributed by atoms with E-state index in [-0.39, 0.29) is 12.6 Å². The molecule has 0 radical (unpaired) electrons. The summed E-state index contributed by atoms with van der Waals surface area (Å²) in [5.74, 6) is 0.0550. The van der Waals surface area contributed by atoms with Crippen LogP contribution < -0.4 is 4.90 Å². The predicted octanol–water partition coefficient (Wildman–Crippen LogP) is 1.36. The smallest absolute Gasteiger partial charge is 0.218 e. The van der Waals surface area contributed by atoms with E-state index in [0.29, 0.717) is 5.82 Å². The van der Waals surface area contributed by atoms with Crippen LogP contribution >= 0.6 is 0 Å². The second-order valence-corrected chi connectivity index (χ2v) is 4.08. The quantitative estimate of drug-likeness (QED) is 0.772. The molecule has 1 atom stereocenters. The number of halogens is 1. The highest BCUT2D eigenvalue weighted by Crippen LogP contribution is 2.22. The van der Waals surface area contributed by atoms with E-state index < -0.39 is 5.95 Å². The minimum absolute atomic E-state index is 0.0526. The molecule has 1 aromatic rings. The van der Waals surface area contributed by atoms with Gasteiger partial charge >= 0.3 is 0 Å². The zero-order chi connectivity index (χ0) is 11.4. The van der Waals surface area contributed by atoms with E-state index in [1.165, 1.54) is 12.4 Å². The highest BCUT2D eigenvalue weighted by Gasteiger charge is 2.21. The van der Waals surface area contributed by atoms with Crippen LogP contribution in [0, 0.1) is 5.95 Å². The maximum absolute atomic E-state index is 13.0. The van der Waals surface area contributed by atoms with Crippen molar-refractivity contribution < 1.29 is 9.50 Å². The number of anilines is 1. The molecule has 0 spiro atoms. The molecule has 1 unspecified atom stereocenters. The zero-order valence-corrected chi connectivity index (χ0v) is 9.14. The van der Waals surface area contributed by atoms with Gasteiger partial charge in [-0.2, -0.15) is 4.39 Å². The second kappa shape index (κ2) is 5.21. The van der Waals surface area contributed by atoms with E-state index >= 15 is 0 Å². The summed E-state index contributed by atoms with van der Waals surface area (Å²) in [5, 5.41) is 9.34. The molecule has 1 aliphatic heterocycles. The van der Waals surface area contributed by atoms with Gasteiger partial charge in [-0.25, -0.2) is 9.97 Å². The Labute approximate surface area is 94.1 Å². The van der Waals surface area contributed by atoms with Gasteiger partial charge in [0.25, 0.3) is 0 Å². The Morgan fingerprint density at radius 1 is 1.38 bits per heavy atom. The summed E-state index contributed by atoms with van der Waals surface area (Å²) in [6, 6.07) is 1.38. The molecule has 1 saturated heterocycles. The van der Waals surface area contributed by atoms with Crippen LogP contribution in [0.2, 0.25) is 0 Å². The van der Waals surface area contributed by atoms with Gasteiger partial charge in [-0.3, -0.25) is 0 Å². The first kappa shape index (κ1) is 11.3. The Bertz CT molecular complexity index is 348. The molecule has 16 heavy (non-hydrogen) atoms. The van der Waals surface area contributed by atoms with Crippen molar-refractivity contribution in [3.05, 3.63) is 18.3 Å². The molecular weight excluding hydrogens is 209 g/mol. The first-order valence-corrected chi connectivity index (χ1v) is 5.66. The third-order valence-corrected chi connectivity index (χ3v) is 3.00. The van der Waals surface area contributed by atoms with Crippen molar-refractivity contribution in [2.75, 3.05) is 18.1 Å². The van der Waals surface area contributed by atoms with Crippen LogP contribution in [0.3, 0.4) is 0 Å². The Morgan fingerprint density at radius 3 is 3.00 bits per heavy atom. The first-order valence-electron chi connectivity index (χ1n) is 5.66. The minimum atomic E-state index is -0.522. The Kier molecular flexibility index (Phi) is 3.66.